The highest BCUT2D eigenvalue weighted by atomic mass is 35.5. The van der Waals surface area contributed by atoms with Crippen LogP contribution in [0.5, 0.6) is 5.75 Å². The molecule has 1 aromatic carbocycles. The normalized spacial score (nSPS) is 11.7. The Balaban J connectivity index is 0.00000225. The second-order valence-electron chi connectivity index (χ2n) is 3.26. The molecule has 1 aromatic rings. The summed E-state index contributed by atoms with van der Waals surface area (Å²) < 4.78 is 12.4. The van der Waals surface area contributed by atoms with Gasteiger partial charge in [-0.25, -0.2) is 9.18 Å². The number of phenols is 1. The summed E-state index contributed by atoms with van der Waals surface area (Å²) in [6.07, 6.45) is 0. The van der Waals surface area contributed by atoms with E-state index in [9.17, 15) is 14.3 Å². The van der Waals surface area contributed by atoms with Crippen LogP contribution in [0.15, 0.2) is 12.1 Å². The minimum absolute atomic E-state index is 0. The van der Waals surface area contributed by atoms with E-state index in [2.05, 4.69) is 0 Å². The van der Waals surface area contributed by atoms with E-state index in [1.165, 1.54) is 12.1 Å². The topological polar surface area (TPSA) is 83.5 Å². The SMILES string of the molecule is Cc1ccc(C(=O)O)c([C@H](N)CF)c1O.Cl. The van der Waals surface area contributed by atoms with Crippen LogP contribution in [0.4, 0.5) is 4.39 Å². The van der Waals surface area contributed by atoms with E-state index in [-0.39, 0.29) is 29.3 Å². The molecule has 4 nitrogen and oxygen atoms in total. The molecule has 0 saturated carbocycles. The molecule has 1 atom stereocenters. The van der Waals surface area contributed by atoms with Crippen molar-refractivity contribution in [3.63, 3.8) is 0 Å². The van der Waals surface area contributed by atoms with Gasteiger partial charge in [0.1, 0.15) is 12.4 Å². The predicted molar refractivity (Wildman–Crippen MR) is 60.0 cm³/mol. The number of aryl methyl sites for hydroxylation is 1. The van der Waals surface area contributed by atoms with Gasteiger partial charge in [0.15, 0.2) is 0 Å². The van der Waals surface area contributed by atoms with Gasteiger partial charge in [-0.2, -0.15) is 0 Å². The zero-order valence-corrected chi connectivity index (χ0v) is 9.42. The van der Waals surface area contributed by atoms with Crippen molar-refractivity contribution in [3.05, 3.63) is 28.8 Å². The average Bonchev–Trinajstić information content (AvgIpc) is 2.20. The maximum atomic E-state index is 12.4. The largest absolute Gasteiger partial charge is 0.507 e. The number of hydrogen-bond donors (Lipinski definition) is 3. The summed E-state index contributed by atoms with van der Waals surface area (Å²) in [6, 6.07) is 1.64. The Bertz CT molecular complexity index is 398. The van der Waals surface area contributed by atoms with Crippen LogP contribution in [0.25, 0.3) is 0 Å². The monoisotopic (exact) mass is 249 g/mol. The zero-order chi connectivity index (χ0) is 11.6. The molecule has 0 radical (unpaired) electrons. The number of rotatable bonds is 3. The number of hydrogen-bond acceptors (Lipinski definition) is 3. The summed E-state index contributed by atoms with van der Waals surface area (Å²) in [6.45, 7) is 0.673. The van der Waals surface area contributed by atoms with Crippen LogP contribution in [0.2, 0.25) is 0 Å². The average molecular weight is 250 g/mol. The van der Waals surface area contributed by atoms with Crippen molar-refractivity contribution < 1.29 is 19.4 Å². The van der Waals surface area contributed by atoms with Gasteiger partial charge in [0, 0.05) is 5.56 Å². The Morgan fingerprint density at radius 3 is 2.56 bits per heavy atom. The van der Waals surface area contributed by atoms with Crippen molar-refractivity contribution in [2.75, 3.05) is 6.67 Å². The number of phenolic OH excluding ortho intramolecular Hbond substituents is 1. The highest BCUT2D eigenvalue weighted by Crippen LogP contribution is 2.30. The molecular weight excluding hydrogens is 237 g/mol. The first-order valence-corrected chi connectivity index (χ1v) is 4.36. The third-order valence-corrected chi connectivity index (χ3v) is 2.19. The number of alkyl halides is 1. The maximum absolute atomic E-state index is 12.4. The molecule has 1 rings (SSSR count). The Morgan fingerprint density at radius 1 is 1.56 bits per heavy atom. The van der Waals surface area contributed by atoms with Gasteiger partial charge in [0.2, 0.25) is 0 Å². The zero-order valence-electron chi connectivity index (χ0n) is 8.61. The fourth-order valence-corrected chi connectivity index (χ4v) is 1.36. The molecule has 0 aliphatic rings. The second-order valence-corrected chi connectivity index (χ2v) is 3.26. The molecule has 90 valence electrons. The smallest absolute Gasteiger partial charge is 0.336 e. The molecule has 0 aromatic heterocycles. The van der Waals surface area contributed by atoms with Crippen molar-refractivity contribution in [1.82, 2.24) is 0 Å². The van der Waals surface area contributed by atoms with Crippen LogP contribution in [-0.2, 0) is 0 Å². The molecule has 6 heteroatoms. The number of nitrogens with two attached hydrogens (primary N) is 1. The number of aromatic hydroxyl groups is 1. The third-order valence-electron chi connectivity index (χ3n) is 2.19. The van der Waals surface area contributed by atoms with E-state index in [1.54, 1.807) is 6.92 Å². The number of carbonyl (C=O) groups is 1. The predicted octanol–water partition coefficient (Wildman–Crippen LogP) is 1.79. The van der Waals surface area contributed by atoms with Gasteiger partial charge in [-0.05, 0) is 18.6 Å². The van der Waals surface area contributed by atoms with Gasteiger partial charge in [-0.1, -0.05) is 6.07 Å². The molecule has 0 spiro atoms. The minimum atomic E-state index is -1.23. The van der Waals surface area contributed by atoms with Gasteiger partial charge in [0.25, 0.3) is 0 Å². The fourth-order valence-electron chi connectivity index (χ4n) is 1.36. The van der Waals surface area contributed by atoms with Crippen LogP contribution in [0.3, 0.4) is 0 Å². The van der Waals surface area contributed by atoms with E-state index in [4.69, 9.17) is 10.8 Å². The van der Waals surface area contributed by atoms with Crippen LogP contribution in [0, 0.1) is 6.92 Å². The summed E-state index contributed by atoms with van der Waals surface area (Å²) in [5, 5.41) is 18.5. The van der Waals surface area contributed by atoms with E-state index in [0.29, 0.717) is 5.56 Å². The Kier molecular flexibility index (Phi) is 5.20. The van der Waals surface area contributed by atoms with Gasteiger partial charge < -0.3 is 15.9 Å². The Hall–Kier alpha value is -1.33. The fraction of sp³-hybridized carbons (Fsp3) is 0.300. The number of halogens is 2. The molecule has 0 aliphatic carbocycles. The lowest BCUT2D eigenvalue weighted by molar-refractivity contribution is 0.0694. The molecule has 0 aliphatic heterocycles. The summed E-state index contributed by atoms with van der Waals surface area (Å²) in [5.74, 6) is -1.48. The maximum Gasteiger partial charge on any atom is 0.336 e. The molecule has 0 unspecified atom stereocenters. The number of benzene rings is 1. The first-order valence-electron chi connectivity index (χ1n) is 4.36. The van der Waals surface area contributed by atoms with E-state index < -0.39 is 18.7 Å². The summed E-state index contributed by atoms with van der Waals surface area (Å²) in [7, 11) is 0. The van der Waals surface area contributed by atoms with E-state index in [0.717, 1.165) is 0 Å². The molecule has 0 amide bonds. The third kappa shape index (κ3) is 2.62. The highest BCUT2D eigenvalue weighted by Gasteiger charge is 2.21. The molecule has 0 bridgehead atoms. The molecular formula is C10H13ClFNO3. The van der Waals surface area contributed by atoms with Crippen molar-refractivity contribution in [1.29, 1.82) is 0 Å². The lowest BCUT2D eigenvalue weighted by Crippen LogP contribution is -2.17. The quantitative estimate of drug-likeness (QED) is 0.763. The van der Waals surface area contributed by atoms with Crippen molar-refractivity contribution >= 4 is 18.4 Å². The lowest BCUT2D eigenvalue weighted by Gasteiger charge is -2.14. The van der Waals surface area contributed by atoms with Gasteiger partial charge >= 0.3 is 5.97 Å². The highest BCUT2D eigenvalue weighted by molar-refractivity contribution is 5.90. The Morgan fingerprint density at radius 2 is 2.12 bits per heavy atom. The second kappa shape index (κ2) is 5.67. The summed E-state index contributed by atoms with van der Waals surface area (Å²) in [5.41, 5.74) is 5.66. The van der Waals surface area contributed by atoms with Crippen molar-refractivity contribution in [2.24, 2.45) is 5.73 Å². The van der Waals surface area contributed by atoms with Gasteiger partial charge in [0.05, 0.1) is 11.6 Å². The Labute approximate surface area is 98.3 Å². The van der Waals surface area contributed by atoms with E-state index >= 15 is 0 Å². The molecule has 0 saturated heterocycles. The molecule has 0 fully saturated rings. The lowest BCUT2D eigenvalue weighted by atomic mass is 9.97. The van der Waals surface area contributed by atoms with E-state index in [1.807, 2.05) is 0 Å². The standard InChI is InChI=1S/C10H12FNO3.ClH/c1-5-2-3-6(10(14)15)8(9(5)13)7(12)4-11;/h2-3,7,13H,4,12H2,1H3,(H,14,15);1H/t7-;/m1./s1. The van der Waals surface area contributed by atoms with Crippen LogP contribution >= 0.6 is 12.4 Å². The van der Waals surface area contributed by atoms with Crippen molar-refractivity contribution in [2.45, 2.75) is 13.0 Å². The summed E-state index contributed by atoms with van der Waals surface area (Å²) >= 11 is 0. The van der Waals surface area contributed by atoms with Crippen LogP contribution in [0.1, 0.15) is 27.5 Å². The minimum Gasteiger partial charge on any atom is -0.507 e. The molecule has 4 N–H and O–H groups in total. The summed E-state index contributed by atoms with van der Waals surface area (Å²) in [4.78, 5) is 10.8. The number of carboxylic acids is 1. The molecule has 0 heterocycles. The van der Waals surface area contributed by atoms with Gasteiger partial charge in [-0.3, -0.25) is 0 Å². The first-order chi connectivity index (χ1) is 6.99. The van der Waals surface area contributed by atoms with Crippen LogP contribution in [-0.4, -0.2) is 22.9 Å². The first kappa shape index (κ1) is 14.7. The number of carboxylic acid groups (broad SMARTS) is 1. The van der Waals surface area contributed by atoms with Crippen LogP contribution < -0.4 is 5.73 Å². The van der Waals surface area contributed by atoms with Crippen molar-refractivity contribution in [3.8, 4) is 5.75 Å². The number of aromatic carboxylic acids is 1. The molecule has 16 heavy (non-hydrogen) atoms. The van der Waals surface area contributed by atoms with Gasteiger partial charge in [-0.15, -0.1) is 12.4 Å².